The third-order valence-corrected chi connectivity index (χ3v) is 4.39. The van der Waals surface area contributed by atoms with Crippen molar-refractivity contribution in [1.82, 2.24) is 9.80 Å². The summed E-state index contributed by atoms with van der Waals surface area (Å²) >= 11 is 0. The van der Waals surface area contributed by atoms with Gasteiger partial charge in [0, 0.05) is 6.04 Å². The molecule has 1 aliphatic heterocycles. The molecule has 4 nitrogen and oxygen atoms in total. The largest absolute Gasteiger partial charge is 0.322 e. The number of amides is 1. The number of halogens is 1. The fourth-order valence-corrected chi connectivity index (χ4v) is 2.70. The summed E-state index contributed by atoms with van der Waals surface area (Å²) in [6, 6.07) is 6.38. The molecule has 1 amide bonds. The molecule has 0 aromatic heterocycles. The zero-order valence-electron chi connectivity index (χ0n) is 13.0. The zero-order chi connectivity index (χ0) is 15.4. The van der Waals surface area contributed by atoms with E-state index in [4.69, 9.17) is 0 Å². The van der Waals surface area contributed by atoms with E-state index in [0.717, 1.165) is 25.9 Å². The Bertz CT molecular complexity index is 486. The Labute approximate surface area is 125 Å². The van der Waals surface area contributed by atoms with Gasteiger partial charge in [0.05, 0.1) is 11.7 Å². The molecule has 2 rings (SSSR count). The topological polar surface area (TPSA) is 35.6 Å². The summed E-state index contributed by atoms with van der Waals surface area (Å²) in [4.78, 5) is 16.7. The number of carbonyl (C=O) groups is 1. The third-order valence-electron chi connectivity index (χ3n) is 4.39. The van der Waals surface area contributed by atoms with Crippen LogP contribution in [0.5, 0.6) is 0 Å². The van der Waals surface area contributed by atoms with Crippen molar-refractivity contribution in [3.05, 3.63) is 30.1 Å². The lowest BCUT2D eigenvalue weighted by Gasteiger charge is -2.37. The standard InChI is InChI=1S/C16H24FN3O/c1-12(20(3)13-8-10-19(2)11-9-13)16(21)18-15-7-5-4-6-14(15)17/h4-7,12-13H,8-11H2,1-3H3,(H,18,21)/t12-/m1/s1. The maximum absolute atomic E-state index is 13.6. The van der Waals surface area contributed by atoms with E-state index in [1.54, 1.807) is 18.2 Å². The van der Waals surface area contributed by atoms with Crippen molar-refractivity contribution < 1.29 is 9.18 Å². The predicted octanol–water partition coefficient (Wildman–Crippen LogP) is 2.18. The van der Waals surface area contributed by atoms with Crippen LogP contribution < -0.4 is 5.32 Å². The minimum Gasteiger partial charge on any atom is -0.322 e. The summed E-state index contributed by atoms with van der Waals surface area (Å²) in [5.74, 6) is -0.568. The number of likely N-dealkylation sites (tertiary alicyclic amines) is 1. The third kappa shape index (κ3) is 4.02. The van der Waals surface area contributed by atoms with Crippen molar-refractivity contribution in [2.45, 2.75) is 31.8 Å². The van der Waals surface area contributed by atoms with Gasteiger partial charge < -0.3 is 10.2 Å². The number of hydrogen-bond donors (Lipinski definition) is 1. The Morgan fingerprint density at radius 2 is 2.00 bits per heavy atom. The van der Waals surface area contributed by atoms with Gasteiger partial charge in [-0.1, -0.05) is 12.1 Å². The number of hydrogen-bond acceptors (Lipinski definition) is 3. The molecule has 1 aromatic carbocycles. The highest BCUT2D eigenvalue weighted by Gasteiger charge is 2.27. The fourth-order valence-electron chi connectivity index (χ4n) is 2.70. The smallest absolute Gasteiger partial charge is 0.241 e. The summed E-state index contributed by atoms with van der Waals surface area (Å²) in [5.41, 5.74) is 0.242. The Hall–Kier alpha value is -1.46. The van der Waals surface area contributed by atoms with Crippen molar-refractivity contribution in [2.75, 3.05) is 32.5 Å². The van der Waals surface area contributed by atoms with Crippen molar-refractivity contribution in [3.63, 3.8) is 0 Å². The maximum atomic E-state index is 13.6. The van der Waals surface area contributed by atoms with Gasteiger partial charge in [-0.2, -0.15) is 0 Å². The first-order chi connectivity index (χ1) is 9.99. The molecule has 1 aromatic rings. The minimum atomic E-state index is -0.403. The number of para-hydroxylation sites is 1. The van der Waals surface area contributed by atoms with E-state index in [1.165, 1.54) is 6.07 Å². The second-order valence-corrected chi connectivity index (χ2v) is 5.84. The van der Waals surface area contributed by atoms with Crippen LogP contribution in [0.25, 0.3) is 0 Å². The maximum Gasteiger partial charge on any atom is 0.241 e. The van der Waals surface area contributed by atoms with Gasteiger partial charge in [0.2, 0.25) is 5.91 Å². The van der Waals surface area contributed by atoms with Crippen LogP contribution >= 0.6 is 0 Å². The van der Waals surface area contributed by atoms with E-state index in [2.05, 4.69) is 22.2 Å². The number of carbonyl (C=O) groups excluding carboxylic acids is 1. The van der Waals surface area contributed by atoms with Crippen LogP contribution in [0, 0.1) is 5.82 Å². The molecule has 1 N–H and O–H groups in total. The molecule has 1 atom stereocenters. The van der Waals surface area contributed by atoms with Crippen LogP contribution in [-0.4, -0.2) is 55.0 Å². The van der Waals surface area contributed by atoms with Gasteiger partial charge in [-0.3, -0.25) is 9.69 Å². The quantitative estimate of drug-likeness (QED) is 0.924. The fraction of sp³-hybridized carbons (Fsp3) is 0.562. The Morgan fingerprint density at radius 3 is 2.62 bits per heavy atom. The Kier molecular flexibility index (Phi) is 5.31. The molecular weight excluding hydrogens is 269 g/mol. The summed E-state index contributed by atoms with van der Waals surface area (Å²) in [7, 11) is 4.09. The molecule has 0 saturated carbocycles. The molecule has 116 valence electrons. The first kappa shape index (κ1) is 15.9. The molecule has 0 radical (unpaired) electrons. The van der Waals surface area contributed by atoms with Crippen LogP contribution in [0.15, 0.2) is 24.3 Å². The highest BCUT2D eigenvalue weighted by Crippen LogP contribution is 2.18. The molecule has 1 aliphatic rings. The summed E-state index contributed by atoms with van der Waals surface area (Å²) in [5, 5.41) is 2.67. The van der Waals surface area contributed by atoms with Gasteiger partial charge in [0.25, 0.3) is 0 Å². The monoisotopic (exact) mass is 293 g/mol. The molecule has 0 bridgehead atoms. The summed E-state index contributed by atoms with van der Waals surface area (Å²) in [6.45, 7) is 3.97. The van der Waals surface area contributed by atoms with Crippen molar-refractivity contribution in [1.29, 1.82) is 0 Å². The van der Waals surface area contributed by atoms with Gasteiger partial charge >= 0.3 is 0 Å². The normalized spacial score (nSPS) is 18.7. The molecule has 0 aliphatic carbocycles. The predicted molar refractivity (Wildman–Crippen MR) is 82.8 cm³/mol. The van der Waals surface area contributed by atoms with Crippen LogP contribution in [-0.2, 0) is 4.79 Å². The van der Waals surface area contributed by atoms with Gasteiger partial charge in [0.1, 0.15) is 5.82 Å². The van der Waals surface area contributed by atoms with Crippen LogP contribution in [0.3, 0.4) is 0 Å². The summed E-state index contributed by atoms with van der Waals surface area (Å²) in [6.07, 6.45) is 2.12. The van der Waals surface area contributed by atoms with E-state index in [9.17, 15) is 9.18 Å². The molecule has 5 heteroatoms. The first-order valence-electron chi connectivity index (χ1n) is 7.45. The SMILES string of the molecule is C[C@H](C(=O)Nc1ccccc1F)N(C)C1CCN(C)CC1. The first-order valence-corrected chi connectivity index (χ1v) is 7.45. The second kappa shape index (κ2) is 7.00. The van der Waals surface area contributed by atoms with E-state index in [0.29, 0.717) is 6.04 Å². The van der Waals surface area contributed by atoms with E-state index in [1.807, 2.05) is 14.0 Å². The van der Waals surface area contributed by atoms with E-state index < -0.39 is 5.82 Å². The Balaban J connectivity index is 1.94. The lowest BCUT2D eigenvalue weighted by molar-refractivity contribution is -0.121. The van der Waals surface area contributed by atoms with Crippen LogP contribution in [0.2, 0.25) is 0 Å². The molecule has 1 heterocycles. The second-order valence-electron chi connectivity index (χ2n) is 5.84. The number of anilines is 1. The van der Waals surface area contributed by atoms with Gasteiger partial charge in [-0.05, 0) is 59.1 Å². The Morgan fingerprint density at radius 1 is 1.38 bits per heavy atom. The average Bonchev–Trinajstić information content (AvgIpc) is 2.49. The van der Waals surface area contributed by atoms with Crippen LogP contribution in [0.1, 0.15) is 19.8 Å². The number of piperidine rings is 1. The lowest BCUT2D eigenvalue weighted by Crippen LogP contribution is -2.49. The van der Waals surface area contributed by atoms with E-state index in [-0.39, 0.29) is 17.6 Å². The molecule has 0 unspecified atom stereocenters. The van der Waals surface area contributed by atoms with E-state index >= 15 is 0 Å². The van der Waals surface area contributed by atoms with Gasteiger partial charge in [-0.25, -0.2) is 4.39 Å². The number of nitrogens with one attached hydrogen (secondary N) is 1. The number of benzene rings is 1. The molecule has 21 heavy (non-hydrogen) atoms. The van der Waals surface area contributed by atoms with Gasteiger partial charge in [0.15, 0.2) is 0 Å². The molecule has 0 spiro atoms. The molecular formula is C16H24FN3O. The lowest BCUT2D eigenvalue weighted by atomic mass is 10.0. The van der Waals surface area contributed by atoms with Crippen molar-refractivity contribution in [2.24, 2.45) is 0 Å². The number of likely N-dealkylation sites (N-methyl/N-ethyl adjacent to an activating group) is 1. The van der Waals surface area contributed by atoms with Crippen molar-refractivity contribution in [3.8, 4) is 0 Å². The zero-order valence-corrected chi connectivity index (χ0v) is 13.0. The molecule has 1 saturated heterocycles. The highest BCUT2D eigenvalue weighted by atomic mass is 19.1. The minimum absolute atomic E-state index is 0.165. The number of nitrogens with zero attached hydrogens (tertiary/aromatic N) is 2. The van der Waals surface area contributed by atoms with Crippen molar-refractivity contribution >= 4 is 11.6 Å². The average molecular weight is 293 g/mol. The molecule has 1 fully saturated rings. The van der Waals surface area contributed by atoms with Gasteiger partial charge in [-0.15, -0.1) is 0 Å². The summed E-state index contributed by atoms with van der Waals surface area (Å²) < 4.78 is 13.6. The van der Waals surface area contributed by atoms with Crippen LogP contribution in [0.4, 0.5) is 10.1 Å². The highest BCUT2D eigenvalue weighted by molar-refractivity contribution is 5.94. The number of rotatable bonds is 4.